The van der Waals surface area contributed by atoms with Gasteiger partial charge in [-0.25, -0.2) is 4.39 Å². The summed E-state index contributed by atoms with van der Waals surface area (Å²) in [5, 5.41) is 2.68. The number of carbonyl (C=O) groups excluding carboxylic acids is 1. The fourth-order valence-corrected chi connectivity index (χ4v) is 3.29. The van der Waals surface area contributed by atoms with Gasteiger partial charge in [0, 0.05) is 12.6 Å². The summed E-state index contributed by atoms with van der Waals surface area (Å²) in [6.07, 6.45) is 2.10. The number of hydrogen-bond donors (Lipinski definition) is 2. The van der Waals surface area contributed by atoms with Crippen molar-refractivity contribution in [1.82, 2.24) is 5.32 Å². The van der Waals surface area contributed by atoms with E-state index in [2.05, 4.69) is 5.32 Å². The first-order chi connectivity index (χ1) is 14.1. The molecule has 1 fully saturated rings. The van der Waals surface area contributed by atoms with Gasteiger partial charge in [0.25, 0.3) is 5.91 Å². The summed E-state index contributed by atoms with van der Waals surface area (Å²) < 4.78 is 24.7. The highest BCUT2D eigenvalue weighted by molar-refractivity contribution is 5.77. The van der Waals surface area contributed by atoms with E-state index >= 15 is 0 Å². The molecule has 29 heavy (non-hydrogen) atoms. The summed E-state index contributed by atoms with van der Waals surface area (Å²) in [7, 11) is 0. The third kappa shape index (κ3) is 5.80. The van der Waals surface area contributed by atoms with Gasteiger partial charge in [-0.15, -0.1) is 0 Å². The molecule has 0 saturated carbocycles. The van der Waals surface area contributed by atoms with Crippen molar-refractivity contribution < 1.29 is 23.2 Å². The minimum Gasteiger partial charge on any atom is -0.477 e. The van der Waals surface area contributed by atoms with Gasteiger partial charge in [0.05, 0.1) is 31.9 Å². The first-order valence-electron chi connectivity index (χ1n) is 9.91. The smallest absolute Gasteiger partial charge is 0.257 e. The summed E-state index contributed by atoms with van der Waals surface area (Å²) in [4.78, 5) is 27.1. The van der Waals surface area contributed by atoms with E-state index in [9.17, 15) is 14.0 Å². The number of nitrogens with one attached hydrogen (secondary N) is 2. The van der Waals surface area contributed by atoms with E-state index in [-0.39, 0.29) is 29.5 Å². The molecule has 2 heterocycles. The molecule has 156 valence electrons. The number of nitrogens with zero attached hydrogens (tertiary/aromatic N) is 1. The normalized spacial score (nSPS) is 14.6. The standard InChI is InChI=1S/C21H26FN3O4/c1-2-7-23-21(27)15-29-20-14-28-16(12-19(20)26)13-24-8-10-25(11-9-24)18-6-4-3-5-17(18)22/h3-6,12,14H,2,7-11,13,15H2,1H3,(H,23,27)/p+1. The van der Waals surface area contributed by atoms with Crippen LogP contribution in [0.5, 0.6) is 5.75 Å². The molecule has 0 atom stereocenters. The lowest BCUT2D eigenvalue weighted by Gasteiger charge is -2.33. The van der Waals surface area contributed by atoms with Gasteiger partial charge in [-0.3, -0.25) is 9.59 Å². The number of ether oxygens (including phenoxy) is 1. The van der Waals surface area contributed by atoms with E-state index in [0.29, 0.717) is 24.5 Å². The van der Waals surface area contributed by atoms with Crippen molar-refractivity contribution in [3.8, 4) is 5.75 Å². The number of piperazine rings is 1. The molecule has 1 aromatic heterocycles. The highest BCUT2D eigenvalue weighted by atomic mass is 19.1. The Bertz CT molecular complexity index is 878. The molecule has 0 bridgehead atoms. The van der Waals surface area contributed by atoms with Crippen molar-refractivity contribution in [2.75, 3.05) is 44.2 Å². The molecule has 2 aromatic rings. The van der Waals surface area contributed by atoms with Crippen LogP contribution in [0, 0.1) is 5.82 Å². The molecule has 1 saturated heterocycles. The zero-order chi connectivity index (χ0) is 20.6. The maximum Gasteiger partial charge on any atom is 0.257 e. The van der Waals surface area contributed by atoms with Crippen molar-refractivity contribution in [3.63, 3.8) is 0 Å². The van der Waals surface area contributed by atoms with Gasteiger partial charge in [0.15, 0.2) is 12.4 Å². The second-order valence-corrected chi connectivity index (χ2v) is 7.08. The van der Waals surface area contributed by atoms with Crippen molar-refractivity contribution in [3.05, 3.63) is 58.4 Å². The van der Waals surface area contributed by atoms with Crippen LogP contribution in [0.25, 0.3) is 0 Å². The van der Waals surface area contributed by atoms with E-state index in [1.807, 2.05) is 17.9 Å². The number of quaternary nitrogens is 1. The lowest BCUT2D eigenvalue weighted by Crippen LogP contribution is -3.13. The summed E-state index contributed by atoms with van der Waals surface area (Å²) >= 11 is 0. The topological polar surface area (TPSA) is 76.2 Å². The maximum absolute atomic E-state index is 13.9. The van der Waals surface area contributed by atoms with Crippen LogP contribution < -0.4 is 25.3 Å². The molecule has 0 radical (unpaired) electrons. The minimum absolute atomic E-state index is 0.0276. The second kappa shape index (κ2) is 10.1. The van der Waals surface area contributed by atoms with Crippen LogP contribution in [-0.4, -0.2) is 45.2 Å². The molecule has 1 aromatic carbocycles. The number of hydrogen-bond acceptors (Lipinski definition) is 5. The molecule has 1 aliphatic rings. The molecule has 8 heteroatoms. The lowest BCUT2D eigenvalue weighted by molar-refractivity contribution is -0.915. The van der Waals surface area contributed by atoms with Crippen LogP contribution in [-0.2, 0) is 11.3 Å². The van der Waals surface area contributed by atoms with E-state index < -0.39 is 0 Å². The largest absolute Gasteiger partial charge is 0.477 e. The fraction of sp³-hybridized carbons (Fsp3) is 0.429. The van der Waals surface area contributed by atoms with Gasteiger partial charge < -0.3 is 24.3 Å². The minimum atomic E-state index is -0.307. The Kier molecular flexibility index (Phi) is 7.24. The molecule has 1 aliphatic heterocycles. The molecule has 0 unspecified atom stereocenters. The van der Waals surface area contributed by atoms with E-state index in [1.165, 1.54) is 23.3 Å². The van der Waals surface area contributed by atoms with Crippen LogP contribution in [0.15, 0.2) is 45.8 Å². The average Bonchev–Trinajstić information content (AvgIpc) is 2.73. The Labute approximate surface area is 169 Å². The SMILES string of the molecule is CCCNC(=O)COc1coc(C[NH+]2CCN(c3ccccc3F)CC2)cc1=O. The summed E-state index contributed by atoms with van der Waals surface area (Å²) in [6, 6.07) is 8.20. The van der Waals surface area contributed by atoms with Gasteiger partial charge in [-0.2, -0.15) is 0 Å². The Balaban J connectivity index is 1.50. The summed E-state index contributed by atoms with van der Waals surface area (Å²) in [6.45, 7) is 5.97. The van der Waals surface area contributed by atoms with E-state index in [1.54, 1.807) is 12.1 Å². The molecule has 0 spiro atoms. The number of amides is 1. The van der Waals surface area contributed by atoms with Crippen LogP contribution in [0.3, 0.4) is 0 Å². The zero-order valence-electron chi connectivity index (χ0n) is 16.6. The molecular weight excluding hydrogens is 377 g/mol. The van der Waals surface area contributed by atoms with Crippen LogP contribution in [0.1, 0.15) is 19.1 Å². The van der Waals surface area contributed by atoms with E-state index in [4.69, 9.17) is 9.15 Å². The molecule has 7 nitrogen and oxygen atoms in total. The van der Waals surface area contributed by atoms with Crippen LogP contribution >= 0.6 is 0 Å². The molecule has 3 rings (SSSR count). The zero-order valence-corrected chi connectivity index (χ0v) is 16.6. The number of rotatable bonds is 8. The third-order valence-electron chi connectivity index (χ3n) is 4.87. The number of carbonyl (C=O) groups is 1. The number of para-hydroxylation sites is 1. The number of anilines is 1. The Morgan fingerprint density at radius 1 is 1.31 bits per heavy atom. The first-order valence-corrected chi connectivity index (χ1v) is 9.91. The monoisotopic (exact) mass is 404 g/mol. The van der Waals surface area contributed by atoms with Crippen molar-refractivity contribution in [2.24, 2.45) is 0 Å². The van der Waals surface area contributed by atoms with Gasteiger partial charge in [0.1, 0.15) is 18.6 Å². The molecular formula is C21H27FN3O4+. The molecule has 1 amide bonds. The van der Waals surface area contributed by atoms with E-state index in [0.717, 1.165) is 32.6 Å². The quantitative estimate of drug-likeness (QED) is 0.674. The summed E-state index contributed by atoms with van der Waals surface area (Å²) in [5.74, 6) is 0.111. The second-order valence-electron chi connectivity index (χ2n) is 7.08. The van der Waals surface area contributed by atoms with Crippen LogP contribution in [0.4, 0.5) is 10.1 Å². The van der Waals surface area contributed by atoms with Crippen molar-refractivity contribution in [2.45, 2.75) is 19.9 Å². The highest BCUT2D eigenvalue weighted by Crippen LogP contribution is 2.18. The fourth-order valence-electron chi connectivity index (χ4n) is 3.29. The van der Waals surface area contributed by atoms with Gasteiger partial charge in [-0.1, -0.05) is 19.1 Å². The predicted octanol–water partition coefficient (Wildman–Crippen LogP) is 0.589. The Morgan fingerprint density at radius 2 is 2.07 bits per heavy atom. The number of halogens is 1. The highest BCUT2D eigenvalue weighted by Gasteiger charge is 2.23. The van der Waals surface area contributed by atoms with Crippen molar-refractivity contribution in [1.29, 1.82) is 0 Å². The van der Waals surface area contributed by atoms with Gasteiger partial charge >= 0.3 is 0 Å². The van der Waals surface area contributed by atoms with Crippen LogP contribution in [0.2, 0.25) is 0 Å². The Morgan fingerprint density at radius 3 is 2.76 bits per heavy atom. The molecule has 2 N–H and O–H groups in total. The molecule has 0 aliphatic carbocycles. The maximum atomic E-state index is 13.9. The van der Waals surface area contributed by atoms with Gasteiger partial charge in [0.2, 0.25) is 11.2 Å². The summed E-state index contributed by atoms with van der Waals surface area (Å²) in [5.41, 5.74) is 0.321. The first kappa shape index (κ1) is 20.9. The lowest BCUT2D eigenvalue weighted by atomic mass is 10.2. The van der Waals surface area contributed by atoms with Gasteiger partial charge in [-0.05, 0) is 18.6 Å². The third-order valence-corrected chi connectivity index (χ3v) is 4.87. The number of benzene rings is 1. The predicted molar refractivity (Wildman–Crippen MR) is 107 cm³/mol. The average molecular weight is 404 g/mol. The Hall–Kier alpha value is -2.87. The van der Waals surface area contributed by atoms with Crippen molar-refractivity contribution >= 4 is 11.6 Å².